The first-order valence-corrected chi connectivity index (χ1v) is 13.4. The predicted octanol–water partition coefficient (Wildman–Crippen LogP) is 2.19. The maximum atomic E-state index is 13.1. The van der Waals surface area contributed by atoms with Crippen LogP contribution in [0.25, 0.3) is 0 Å². The Bertz CT molecular complexity index is 1230. The van der Waals surface area contributed by atoms with E-state index in [0.29, 0.717) is 6.07 Å². The normalized spacial score (nSPS) is 28.4. The van der Waals surface area contributed by atoms with Gasteiger partial charge in [0, 0.05) is 24.7 Å². The molecule has 3 aliphatic carbocycles. The van der Waals surface area contributed by atoms with Gasteiger partial charge in [0.1, 0.15) is 5.75 Å². The summed E-state index contributed by atoms with van der Waals surface area (Å²) in [5.74, 6) is -2.78. The second-order valence-electron chi connectivity index (χ2n) is 8.96. The van der Waals surface area contributed by atoms with Crippen LogP contribution in [0.4, 0.5) is 32.0 Å². The lowest BCUT2D eigenvalue weighted by molar-refractivity contribution is -0.336. The molecule has 1 aromatic rings. The molecule has 2 bridgehead atoms. The Morgan fingerprint density at radius 1 is 1.03 bits per heavy atom. The first-order valence-electron chi connectivity index (χ1n) is 10.1. The predicted molar refractivity (Wildman–Crippen MR) is 108 cm³/mol. The molecule has 4 fully saturated rings. The molecule has 4 aliphatic rings. The van der Waals surface area contributed by atoms with Gasteiger partial charge < -0.3 is 10.1 Å². The number of nitrogens with one attached hydrogen (secondary N) is 2. The molecule has 1 amide bonds. The molecule has 9 nitrogen and oxygen atoms in total. The van der Waals surface area contributed by atoms with Crippen LogP contribution in [0.15, 0.2) is 18.2 Å². The Hall–Kier alpha value is -2.27. The average molecular weight is 551 g/mol. The second-order valence-corrected chi connectivity index (χ2v) is 12.9. The highest BCUT2D eigenvalue weighted by Gasteiger charge is 2.79. The topological polar surface area (TPSA) is 122 Å². The molecular weight excluding hydrogens is 532 g/mol. The van der Waals surface area contributed by atoms with Gasteiger partial charge in [0.25, 0.3) is 5.91 Å². The lowest BCUT2D eigenvalue weighted by Gasteiger charge is -2.70. The van der Waals surface area contributed by atoms with Crippen LogP contribution < -0.4 is 14.8 Å². The number of rotatable bonds is 6. The molecule has 1 saturated heterocycles. The number of hydrogen-bond donors (Lipinski definition) is 2. The van der Waals surface area contributed by atoms with E-state index < -0.39 is 91.0 Å². The fourth-order valence-corrected chi connectivity index (χ4v) is 7.34. The number of nitrogens with zero attached hydrogens (tertiary/aromatic N) is 1. The zero-order valence-electron chi connectivity index (χ0n) is 17.7. The molecular formula is C18H19F6N3O6S2. The minimum atomic E-state index is -5.13. The van der Waals surface area contributed by atoms with Crippen molar-refractivity contribution in [1.29, 1.82) is 0 Å². The molecule has 196 valence electrons. The van der Waals surface area contributed by atoms with E-state index in [1.807, 2.05) is 4.72 Å². The average Bonchev–Trinajstić information content (AvgIpc) is 2.60. The van der Waals surface area contributed by atoms with Crippen LogP contribution >= 0.6 is 0 Å². The zero-order chi connectivity index (χ0) is 26.1. The van der Waals surface area contributed by atoms with E-state index in [4.69, 9.17) is 0 Å². The van der Waals surface area contributed by atoms with Crippen LogP contribution in [0.1, 0.15) is 29.6 Å². The summed E-state index contributed by atoms with van der Waals surface area (Å²) in [4.78, 5) is 12.8. The molecule has 5 rings (SSSR count). The number of alkyl halides is 6. The van der Waals surface area contributed by atoms with Crippen LogP contribution in [0.3, 0.4) is 0 Å². The van der Waals surface area contributed by atoms with Crippen molar-refractivity contribution in [2.75, 3.05) is 29.3 Å². The van der Waals surface area contributed by atoms with Gasteiger partial charge >= 0.3 is 22.7 Å². The van der Waals surface area contributed by atoms with Crippen molar-refractivity contribution in [2.24, 2.45) is 5.41 Å². The molecule has 1 aromatic carbocycles. The fourth-order valence-electron chi connectivity index (χ4n) is 4.67. The highest BCUT2D eigenvalue weighted by Crippen LogP contribution is 2.73. The fraction of sp³-hybridized carbons (Fsp3) is 0.611. The molecule has 17 heteroatoms. The van der Waals surface area contributed by atoms with E-state index >= 15 is 0 Å². The molecule has 0 spiro atoms. The molecule has 1 heterocycles. The molecule has 0 unspecified atom stereocenters. The molecule has 35 heavy (non-hydrogen) atoms. The van der Waals surface area contributed by atoms with E-state index in [2.05, 4.69) is 10.1 Å². The van der Waals surface area contributed by atoms with Crippen molar-refractivity contribution < 1.29 is 52.7 Å². The number of benzene rings is 1. The Morgan fingerprint density at radius 3 is 2.11 bits per heavy atom. The van der Waals surface area contributed by atoms with Crippen molar-refractivity contribution in [3.63, 3.8) is 0 Å². The summed E-state index contributed by atoms with van der Waals surface area (Å²) in [6, 6.07) is 2.21. The van der Waals surface area contributed by atoms with Gasteiger partial charge in [-0.1, -0.05) is 0 Å². The number of sulfone groups is 1. The standard InChI is InChI=1S/C18H19F6N3O6S2/c19-17(20,21)15-8-16(9-15,10-15)25-14(28)12-2-1-11(33-18(22,23)24)7-13(12)26-35(31,32)27-3-5-34(29,30)6-4-27/h1-2,7,26H,3-6,8-10H2,(H,25,28). The Labute approximate surface area is 195 Å². The number of amides is 1. The number of halogens is 6. The van der Waals surface area contributed by atoms with Gasteiger partial charge in [-0.2, -0.15) is 25.9 Å². The maximum absolute atomic E-state index is 13.1. The third-order valence-corrected chi connectivity index (χ3v) is 9.49. The quantitative estimate of drug-likeness (QED) is 0.523. The van der Waals surface area contributed by atoms with Crippen LogP contribution in [0.5, 0.6) is 5.75 Å². The van der Waals surface area contributed by atoms with Gasteiger partial charge in [-0.05, 0) is 31.4 Å². The van der Waals surface area contributed by atoms with E-state index in [1.165, 1.54) is 0 Å². The van der Waals surface area contributed by atoms with Crippen molar-refractivity contribution in [2.45, 2.75) is 37.3 Å². The highest BCUT2D eigenvalue weighted by atomic mass is 32.2. The molecule has 0 atom stereocenters. The van der Waals surface area contributed by atoms with Gasteiger partial charge in [-0.15, -0.1) is 13.2 Å². The summed E-state index contributed by atoms with van der Waals surface area (Å²) in [6.07, 6.45) is -10.6. The van der Waals surface area contributed by atoms with E-state index in [1.54, 1.807) is 0 Å². The number of anilines is 1. The minimum absolute atomic E-state index is 0.353. The molecule has 0 radical (unpaired) electrons. The monoisotopic (exact) mass is 551 g/mol. The zero-order valence-corrected chi connectivity index (χ0v) is 19.3. The third kappa shape index (κ3) is 5.02. The Balaban J connectivity index is 1.56. The number of carbonyl (C=O) groups excluding carboxylic acids is 1. The van der Waals surface area contributed by atoms with E-state index in [9.17, 15) is 48.0 Å². The molecule has 2 N–H and O–H groups in total. The van der Waals surface area contributed by atoms with Gasteiger partial charge in [0.2, 0.25) is 0 Å². The van der Waals surface area contributed by atoms with Gasteiger partial charge in [-0.25, -0.2) is 8.42 Å². The first-order chi connectivity index (χ1) is 15.8. The minimum Gasteiger partial charge on any atom is -0.406 e. The van der Waals surface area contributed by atoms with E-state index in [-0.39, 0.29) is 19.3 Å². The molecule has 1 aliphatic heterocycles. The largest absolute Gasteiger partial charge is 0.573 e. The number of hydrogen-bond acceptors (Lipinski definition) is 6. The lowest BCUT2D eigenvalue weighted by atomic mass is 9.39. The van der Waals surface area contributed by atoms with Crippen LogP contribution in [-0.4, -0.2) is 69.7 Å². The second kappa shape index (κ2) is 7.86. The third-order valence-electron chi connectivity index (χ3n) is 6.36. The molecule has 3 saturated carbocycles. The van der Waals surface area contributed by atoms with Crippen LogP contribution in [0, 0.1) is 5.41 Å². The van der Waals surface area contributed by atoms with Crippen LogP contribution in [-0.2, 0) is 20.0 Å². The summed E-state index contributed by atoms with van der Waals surface area (Å²) in [5, 5.41) is 2.43. The lowest BCUT2D eigenvalue weighted by Crippen LogP contribution is -2.78. The van der Waals surface area contributed by atoms with Gasteiger partial charge in [0.15, 0.2) is 9.84 Å². The van der Waals surface area contributed by atoms with Gasteiger partial charge in [-0.3, -0.25) is 9.52 Å². The van der Waals surface area contributed by atoms with Crippen molar-refractivity contribution in [1.82, 2.24) is 9.62 Å². The summed E-state index contributed by atoms with van der Waals surface area (Å²) < 4.78 is 132. The van der Waals surface area contributed by atoms with Crippen molar-refractivity contribution in [3.8, 4) is 5.75 Å². The number of ether oxygens (including phenoxy) is 1. The SMILES string of the molecule is O=C(NC12CC(C(F)(F)F)(C1)C2)c1ccc(OC(F)(F)F)cc1NS(=O)(=O)N1CCS(=O)(=O)CC1. The van der Waals surface area contributed by atoms with Gasteiger partial charge in [0.05, 0.1) is 28.2 Å². The van der Waals surface area contributed by atoms with Crippen LogP contribution in [0.2, 0.25) is 0 Å². The molecule has 0 aromatic heterocycles. The van der Waals surface area contributed by atoms with Crippen molar-refractivity contribution >= 4 is 31.6 Å². The summed E-state index contributed by atoms with van der Waals surface area (Å²) in [6.45, 7) is -0.832. The first kappa shape index (κ1) is 25.8. The Kier molecular flexibility index (Phi) is 5.80. The number of carbonyl (C=O) groups is 1. The Morgan fingerprint density at radius 2 is 1.60 bits per heavy atom. The van der Waals surface area contributed by atoms with Crippen molar-refractivity contribution in [3.05, 3.63) is 23.8 Å². The maximum Gasteiger partial charge on any atom is 0.573 e. The smallest absolute Gasteiger partial charge is 0.406 e. The highest BCUT2D eigenvalue weighted by molar-refractivity contribution is 7.92. The summed E-state index contributed by atoms with van der Waals surface area (Å²) in [5.41, 5.74) is -4.07. The summed E-state index contributed by atoms with van der Waals surface area (Å²) in [7, 11) is -7.95. The summed E-state index contributed by atoms with van der Waals surface area (Å²) >= 11 is 0. The van der Waals surface area contributed by atoms with E-state index in [0.717, 1.165) is 16.4 Å².